The highest BCUT2D eigenvalue weighted by Crippen LogP contribution is 2.17. The van der Waals surface area contributed by atoms with Crippen LogP contribution >= 0.6 is 11.6 Å². The maximum atomic E-state index is 5.88. The van der Waals surface area contributed by atoms with Gasteiger partial charge in [-0.1, -0.05) is 24.6 Å². The Hall–Kier alpha value is -0.500. The maximum absolute atomic E-state index is 5.88. The molecule has 1 aliphatic rings. The molecule has 0 saturated carbocycles. The third kappa shape index (κ3) is 2.22. The lowest BCUT2D eigenvalue weighted by atomic mass is 10.1. The van der Waals surface area contributed by atoms with Gasteiger partial charge < -0.3 is 4.74 Å². The van der Waals surface area contributed by atoms with E-state index in [0.29, 0.717) is 18.4 Å². The van der Waals surface area contributed by atoms with E-state index in [9.17, 15) is 0 Å². The van der Waals surface area contributed by atoms with Crippen LogP contribution in [0.15, 0.2) is 17.1 Å². The minimum Gasteiger partial charge on any atom is -0.478 e. The Morgan fingerprint density at radius 1 is 1.73 bits per heavy atom. The lowest BCUT2D eigenvalue weighted by Gasteiger charge is -2.15. The van der Waals surface area contributed by atoms with Crippen LogP contribution < -0.4 is 0 Å². The van der Waals surface area contributed by atoms with E-state index in [1.54, 1.807) is 0 Å². The third-order valence-corrected chi connectivity index (χ3v) is 2.01. The van der Waals surface area contributed by atoms with Crippen LogP contribution in [0.2, 0.25) is 0 Å². The number of hydrogen-bond acceptors (Lipinski definition) is 2. The molecule has 1 heterocycles. The molecule has 0 aromatic rings. The summed E-state index contributed by atoms with van der Waals surface area (Å²) in [6.45, 7) is 4.60. The number of halogens is 1. The van der Waals surface area contributed by atoms with E-state index in [1.165, 1.54) is 0 Å². The minimum absolute atomic E-state index is 0.165. The molecule has 0 aromatic carbocycles. The Morgan fingerprint density at radius 2 is 2.45 bits per heavy atom. The standard InChI is InChI=1S/C8H12ClNO/c1-3-11-7-5-4-6(2)8(9)10-7/h4-6,8H,3H2,1-2H3. The molecule has 0 N–H and O–H groups in total. The van der Waals surface area contributed by atoms with Gasteiger partial charge in [-0.15, -0.1) is 0 Å². The summed E-state index contributed by atoms with van der Waals surface area (Å²) in [7, 11) is 0. The van der Waals surface area contributed by atoms with Gasteiger partial charge in [0.25, 0.3) is 0 Å². The summed E-state index contributed by atoms with van der Waals surface area (Å²) < 4.78 is 5.18. The number of alkyl halides is 1. The molecule has 0 radical (unpaired) electrons. The number of hydrogen-bond donors (Lipinski definition) is 0. The van der Waals surface area contributed by atoms with Crippen LogP contribution in [0, 0.1) is 5.92 Å². The molecule has 0 saturated heterocycles. The monoisotopic (exact) mass is 173 g/mol. The van der Waals surface area contributed by atoms with Gasteiger partial charge in [0, 0.05) is 5.92 Å². The van der Waals surface area contributed by atoms with Crippen molar-refractivity contribution in [3.63, 3.8) is 0 Å². The van der Waals surface area contributed by atoms with E-state index < -0.39 is 0 Å². The highest BCUT2D eigenvalue weighted by atomic mass is 35.5. The van der Waals surface area contributed by atoms with Gasteiger partial charge >= 0.3 is 0 Å². The van der Waals surface area contributed by atoms with Gasteiger partial charge in [-0.3, -0.25) is 0 Å². The largest absolute Gasteiger partial charge is 0.478 e. The summed E-state index contributed by atoms with van der Waals surface area (Å²) in [5.74, 6) is 0.950. The topological polar surface area (TPSA) is 21.6 Å². The zero-order valence-corrected chi connectivity index (χ0v) is 7.51. The molecule has 0 amide bonds. The van der Waals surface area contributed by atoms with Crippen molar-refractivity contribution in [2.24, 2.45) is 10.9 Å². The van der Waals surface area contributed by atoms with Crippen molar-refractivity contribution < 1.29 is 4.74 Å². The molecular formula is C8H12ClNO. The number of nitrogens with zero attached hydrogens (tertiary/aromatic N) is 1. The predicted octanol–water partition coefficient (Wildman–Crippen LogP) is 2.19. The van der Waals surface area contributed by atoms with Crippen molar-refractivity contribution >= 4 is 17.5 Å². The molecule has 62 valence electrons. The number of dihydropyridines is 1. The second-order valence-corrected chi connectivity index (χ2v) is 2.94. The Morgan fingerprint density at radius 3 is 3.00 bits per heavy atom. The van der Waals surface area contributed by atoms with Gasteiger partial charge in [-0.05, 0) is 13.0 Å². The van der Waals surface area contributed by atoms with Crippen LogP contribution in [0.5, 0.6) is 0 Å². The molecule has 1 rings (SSSR count). The van der Waals surface area contributed by atoms with Gasteiger partial charge in [0.15, 0.2) is 0 Å². The Kier molecular flexibility index (Phi) is 2.94. The van der Waals surface area contributed by atoms with E-state index in [-0.39, 0.29) is 5.50 Å². The Bertz CT molecular complexity index is 189. The van der Waals surface area contributed by atoms with Crippen LogP contribution in [0.1, 0.15) is 13.8 Å². The van der Waals surface area contributed by atoms with E-state index in [2.05, 4.69) is 4.99 Å². The van der Waals surface area contributed by atoms with Gasteiger partial charge in [-0.25, -0.2) is 4.99 Å². The molecule has 0 aromatic heterocycles. The third-order valence-electron chi connectivity index (χ3n) is 1.52. The van der Waals surface area contributed by atoms with Crippen molar-refractivity contribution in [1.82, 2.24) is 0 Å². The van der Waals surface area contributed by atoms with Gasteiger partial charge in [0.1, 0.15) is 5.50 Å². The predicted molar refractivity (Wildman–Crippen MR) is 47.0 cm³/mol. The van der Waals surface area contributed by atoms with E-state index in [4.69, 9.17) is 16.3 Å². The quantitative estimate of drug-likeness (QED) is 0.440. The van der Waals surface area contributed by atoms with Crippen LogP contribution in [0.25, 0.3) is 0 Å². The summed E-state index contributed by atoms with van der Waals surface area (Å²) in [4.78, 5) is 4.13. The van der Waals surface area contributed by atoms with Crippen molar-refractivity contribution in [2.75, 3.05) is 6.61 Å². The molecule has 2 atom stereocenters. The zero-order chi connectivity index (χ0) is 8.27. The second-order valence-electron chi connectivity index (χ2n) is 2.49. The minimum atomic E-state index is -0.165. The highest BCUT2D eigenvalue weighted by Gasteiger charge is 2.15. The first-order valence-electron chi connectivity index (χ1n) is 3.77. The van der Waals surface area contributed by atoms with Crippen LogP contribution in [0.3, 0.4) is 0 Å². The summed E-state index contributed by atoms with van der Waals surface area (Å²) in [6, 6.07) is 0. The molecule has 0 spiro atoms. The van der Waals surface area contributed by atoms with E-state index in [0.717, 1.165) is 0 Å². The number of rotatable bonds is 1. The van der Waals surface area contributed by atoms with Crippen LogP contribution in [-0.2, 0) is 4.74 Å². The first-order valence-corrected chi connectivity index (χ1v) is 4.20. The van der Waals surface area contributed by atoms with Gasteiger partial charge in [0.2, 0.25) is 5.90 Å². The molecule has 11 heavy (non-hydrogen) atoms. The van der Waals surface area contributed by atoms with Crippen LogP contribution in [-0.4, -0.2) is 18.0 Å². The molecule has 2 nitrogen and oxygen atoms in total. The summed E-state index contributed by atoms with van der Waals surface area (Å²) in [5, 5.41) is 0. The lowest BCUT2D eigenvalue weighted by Crippen LogP contribution is -2.16. The average Bonchev–Trinajstić information content (AvgIpc) is 1.98. The molecule has 0 bridgehead atoms. The highest BCUT2D eigenvalue weighted by molar-refractivity contribution is 6.21. The second kappa shape index (κ2) is 3.77. The van der Waals surface area contributed by atoms with Crippen molar-refractivity contribution in [3.8, 4) is 0 Å². The van der Waals surface area contributed by atoms with Gasteiger partial charge in [-0.2, -0.15) is 0 Å². The van der Waals surface area contributed by atoms with E-state index >= 15 is 0 Å². The Balaban J connectivity index is 2.57. The first-order chi connectivity index (χ1) is 5.24. The maximum Gasteiger partial charge on any atom is 0.209 e. The first kappa shape index (κ1) is 8.60. The van der Waals surface area contributed by atoms with Crippen LogP contribution in [0.4, 0.5) is 0 Å². The summed E-state index contributed by atoms with van der Waals surface area (Å²) in [5.41, 5.74) is -0.165. The fourth-order valence-corrected chi connectivity index (χ4v) is 1.02. The molecular weight excluding hydrogens is 162 g/mol. The van der Waals surface area contributed by atoms with E-state index in [1.807, 2.05) is 26.0 Å². The normalized spacial score (nSPS) is 29.9. The molecule has 3 heteroatoms. The number of ether oxygens (including phenoxy) is 1. The van der Waals surface area contributed by atoms with Crippen molar-refractivity contribution in [2.45, 2.75) is 19.3 Å². The summed E-state index contributed by atoms with van der Waals surface area (Å²) >= 11 is 5.88. The fraction of sp³-hybridized carbons (Fsp3) is 0.625. The lowest BCUT2D eigenvalue weighted by molar-refractivity contribution is 0.325. The number of aliphatic imine (C=N–C) groups is 1. The average molecular weight is 174 g/mol. The molecule has 1 aliphatic heterocycles. The summed E-state index contributed by atoms with van der Waals surface area (Å²) in [6.07, 6.45) is 3.88. The van der Waals surface area contributed by atoms with Gasteiger partial charge in [0.05, 0.1) is 6.61 Å². The Labute approximate surface area is 71.9 Å². The fourth-order valence-electron chi connectivity index (χ4n) is 0.841. The van der Waals surface area contributed by atoms with Crippen molar-refractivity contribution in [1.29, 1.82) is 0 Å². The molecule has 0 aliphatic carbocycles. The molecule has 0 fully saturated rings. The zero-order valence-electron chi connectivity index (χ0n) is 6.75. The van der Waals surface area contributed by atoms with Crippen molar-refractivity contribution in [3.05, 3.63) is 12.2 Å². The smallest absolute Gasteiger partial charge is 0.209 e. The molecule has 2 unspecified atom stereocenters. The SMILES string of the molecule is CCOC1=NC(Cl)C(C)C=C1.